The van der Waals surface area contributed by atoms with Crippen LogP contribution in [0.1, 0.15) is 39.0 Å². The standard InChI is InChI=1S/C10H21NO2/c1-2-4-9(11)10(12)5-3-7-13-8-6-10/h9,12H,2-8,11H2,1H3. The maximum atomic E-state index is 10.2. The van der Waals surface area contributed by atoms with Gasteiger partial charge < -0.3 is 15.6 Å². The number of hydrogen-bond donors (Lipinski definition) is 2. The summed E-state index contributed by atoms with van der Waals surface area (Å²) in [5, 5.41) is 10.2. The van der Waals surface area contributed by atoms with Crippen LogP contribution in [-0.4, -0.2) is 30.0 Å². The van der Waals surface area contributed by atoms with Crippen molar-refractivity contribution >= 4 is 0 Å². The van der Waals surface area contributed by atoms with Gasteiger partial charge in [0.25, 0.3) is 0 Å². The lowest BCUT2D eigenvalue weighted by molar-refractivity contribution is -0.00747. The van der Waals surface area contributed by atoms with E-state index >= 15 is 0 Å². The molecule has 0 bridgehead atoms. The number of aliphatic hydroxyl groups is 1. The first-order valence-corrected chi connectivity index (χ1v) is 5.25. The highest BCUT2D eigenvalue weighted by Crippen LogP contribution is 2.25. The zero-order valence-corrected chi connectivity index (χ0v) is 8.46. The van der Waals surface area contributed by atoms with Crippen molar-refractivity contribution in [3.8, 4) is 0 Å². The highest BCUT2D eigenvalue weighted by atomic mass is 16.5. The fourth-order valence-electron chi connectivity index (χ4n) is 1.91. The van der Waals surface area contributed by atoms with Crippen LogP contribution >= 0.6 is 0 Å². The predicted molar refractivity (Wildman–Crippen MR) is 52.5 cm³/mol. The first-order chi connectivity index (χ1) is 6.19. The van der Waals surface area contributed by atoms with Gasteiger partial charge in [-0.05, 0) is 19.3 Å². The molecule has 0 aromatic rings. The summed E-state index contributed by atoms with van der Waals surface area (Å²) in [6, 6.07) is -0.0841. The maximum absolute atomic E-state index is 10.2. The number of rotatable bonds is 3. The van der Waals surface area contributed by atoms with Gasteiger partial charge in [-0.3, -0.25) is 0 Å². The van der Waals surface area contributed by atoms with Crippen molar-refractivity contribution in [3.63, 3.8) is 0 Å². The van der Waals surface area contributed by atoms with Crippen molar-refractivity contribution in [1.82, 2.24) is 0 Å². The van der Waals surface area contributed by atoms with E-state index in [1.165, 1.54) is 0 Å². The Labute approximate surface area is 80.3 Å². The van der Waals surface area contributed by atoms with Crippen LogP contribution in [-0.2, 0) is 4.74 Å². The minimum atomic E-state index is -0.674. The zero-order chi connectivity index (χ0) is 9.73. The summed E-state index contributed by atoms with van der Waals surface area (Å²) in [6.07, 6.45) is 4.33. The van der Waals surface area contributed by atoms with Gasteiger partial charge in [-0.15, -0.1) is 0 Å². The van der Waals surface area contributed by atoms with Crippen molar-refractivity contribution in [2.24, 2.45) is 5.73 Å². The van der Waals surface area contributed by atoms with E-state index in [1.54, 1.807) is 0 Å². The van der Waals surface area contributed by atoms with Crippen LogP contribution in [0.15, 0.2) is 0 Å². The van der Waals surface area contributed by atoms with Gasteiger partial charge >= 0.3 is 0 Å². The lowest BCUT2D eigenvalue weighted by Crippen LogP contribution is -2.48. The molecular formula is C10H21NO2. The molecule has 0 radical (unpaired) electrons. The first kappa shape index (κ1) is 11.0. The zero-order valence-electron chi connectivity index (χ0n) is 8.46. The molecule has 13 heavy (non-hydrogen) atoms. The summed E-state index contributed by atoms with van der Waals surface area (Å²) in [4.78, 5) is 0. The molecule has 0 aliphatic carbocycles. The van der Waals surface area contributed by atoms with E-state index in [1.807, 2.05) is 0 Å². The van der Waals surface area contributed by atoms with Crippen molar-refractivity contribution < 1.29 is 9.84 Å². The van der Waals surface area contributed by atoms with E-state index in [2.05, 4.69) is 6.92 Å². The van der Waals surface area contributed by atoms with Gasteiger partial charge in [0, 0.05) is 25.7 Å². The first-order valence-electron chi connectivity index (χ1n) is 5.25. The van der Waals surface area contributed by atoms with Crippen molar-refractivity contribution in [1.29, 1.82) is 0 Å². The normalized spacial score (nSPS) is 32.5. The van der Waals surface area contributed by atoms with Gasteiger partial charge in [0.05, 0.1) is 5.60 Å². The molecular weight excluding hydrogens is 166 g/mol. The fraction of sp³-hybridized carbons (Fsp3) is 1.00. The molecule has 0 spiro atoms. The molecule has 3 nitrogen and oxygen atoms in total. The molecule has 1 aliphatic rings. The minimum Gasteiger partial charge on any atom is -0.388 e. The summed E-state index contributed by atoms with van der Waals surface area (Å²) >= 11 is 0. The van der Waals surface area contributed by atoms with Gasteiger partial charge in [0.1, 0.15) is 0 Å². The van der Waals surface area contributed by atoms with E-state index in [0.29, 0.717) is 13.0 Å². The molecule has 1 saturated heterocycles. The largest absolute Gasteiger partial charge is 0.388 e. The van der Waals surface area contributed by atoms with E-state index in [-0.39, 0.29) is 6.04 Å². The van der Waals surface area contributed by atoms with Gasteiger partial charge in [0.15, 0.2) is 0 Å². The third-order valence-electron chi connectivity index (χ3n) is 2.87. The Morgan fingerprint density at radius 2 is 2.23 bits per heavy atom. The Balaban J connectivity index is 2.49. The van der Waals surface area contributed by atoms with Gasteiger partial charge in [-0.2, -0.15) is 0 Å². The maximum Gasteiger partial charge on any atom is 0.0820 e. The lowest BCUT2D eigenvalue weighted by Gasteiger charge is -2.32. The van der Waals surface area contributed by atoms with Crippen molar-refractivity contribution in [2.45, 2.75) is 50.7 Å². The van der Waals surface area contributed by atoms with Crippen molar-refractivity contribution in [2.75, 3.05) is 13.2 Å². The topological polar surface area (TPSA) is 55.5 Å². The van der Waals surface area contributed by atoms with Gasteiger partial charge in [-0.25, -0.2) is 0 Å². The Bertz CT molecular complexity index is 142. The minimum absolute atomic E-state index is 0.0841. The van der Waals surface area contributed by atoms with Crippen LogP contribution in [0, 0.1) is 0 Å². The highest BCUT2D eigenvalue weighted by molar-refractivity contribution is 4.90. The Kier molecular flexibility index (Phi) is 4.16. The molecule has 2 atom stereocenters. The second kappa shape index (κ2) is 4.94. The van der Waals surface area contributed by atoms with Crippen molar-refractivity contribution in [3.05, 3.63) is 0 Å². The average Bonchev–Trinajstić information content (AvgIpc) is 2.32. The predicted octanol–water partition coefficient (Wildman–Crippen LogP) is 1.05. The number of hydrogen-bond acceptors (Lipinski definition) is 3. The lowest BCUT2D eigenvalue weighted by atomic mass is 9.85. The Hall–Kier alpha value is -0.120. The molecule has 1 heterocycles. The quantitative estimate of drug-likeness (QED) is 0.694. The summed E-state index contributed by atoms with van der Waals surface area (Å²) in [5.74, 6) is 0. The smallest absolute Gasteiger partial charge is 0.0820 e. The molecule has 1 aliphatic heterocycles. The number of nitrogens with two attached hydrogens (primary N) is 1. The second-order valence-corrected chi connectivity index (χ2v) is 3.96. The fourth-order valence-corrected chi connectivity index (χ4v) is 1.91. The summed E-state index contributed by atoms with van der Waals surface area (Å²) in [5.41, 5.74) is 5.28. The molecule has 3 N–H and O–H groups in total. The monoisotopic (exact) mass is 187 g/mol. The molecule has 2 unspecified atom stereocenters. The SMILES string of the molecule is CCCC(N)C1(O)CCCOCC1. The van der Waals surface area contributed by atoms with Crippen LogP contribution in [0.25, 0.3) is 0 Å². The average molecular weight is 187 g/mol. The third-order valence-corrected chi connectivity index (χ3v) is 2.87. The third kappa shape index (κ3) is 2.93. The molecule has 0 aromatic heterocycles. The van der Waals surface area contributed by atoms with Crippen LogP contribution in [0.2, 0.25) is 0 Å². The summed E-state index contributed by atoms with van der Waals surface area (Å²) in [7, 11) is 0. The number of ether oxygens (including phenoxy) is 1. The molecule has 3 heteroatoms. The van der Waals surface area contributed by atoms with E-state index < -0.39 is 5.60 Å². The molecule has 1 fully saturated rings. The van der Waals surface area contributed by atoms with Gasteiger partial charge in [0.2, 0.25) is 0 Å². The van der Waals surface area contributed by atoms with Gasteiger partial charge in [-0.1, -0.05) is 13.3 Å². The summed E-state index contributed by atoms with van der Waals surface area (Å²) in [6.45, 7) is 3.51. The van der Waals surface area contributed by atoms with E-state index in [4.69, 9.17) is 10.5 Å². The van der Waals surface area contributed by atoms with Crippen LogP contribution in [0.3, 0.4) is 0 Å². The molecule has 78 valence electrons. The van der Waals surface area contributed by atoms with Crippen LogP contribution in [0.5, 0.6) is 0 Å². The highest BCUT2D eigenvalue weighted by Gasteiger charge is 2.34. The Morgan fingerprint density at radius 3 is 2.92 bits per heavy atom. The Morgan fingerprint density at radius 1 is 1.46 bits per heavy atom. The second-order valence-electron chi connectivity index (χ2n) is 3.96. The molecule has 0 amide bonds. The van der Waals surface area contributed by atoms with Crippen LogP contribution in [0.4, 0.5) is 0 Å². The molecule has 0 aromatic carbocycles. The molecule has 1 rings (SSSR count). The van der Waals surface area contributed by atoms with E-state index in [9.17, 15) is 5.11 Å². The van der Waals surface area contributed by atoms with Crippen LogP contribution < -0.4 is 5.73 Å². The van der Waals surface area contributed by atoms with E-state index in [0.717, 1.165) is 32.3 Å². The summed E-state index contributed by atoms with van der Waals surface area (Å²) < 4.78 is 5.30. The molecule has 0 saturated carbocycles.